The van der Waals surface area contributed by atoms with Gasteiger partial charge in [0, 0.05) is 23.3 Å². The highest BCUT2D eigenvalue weighted by atomic mass is 16.3. The molecule has 3 aromatic rings. The maximum absolute atomic E-state index is 12.3. The first kappa shape index (κ1) is 15.3. The molecule has 0 aliphatic carbocycles. The molecule has 2 aromatic heterocycles. The minimum absolute atomic E-state index is 0.0244. The van der Waals surface area contributed by atoms with Gasteiger partial charge in [-0.1, -0.05) is 25.1 Å². The summed E-state index contributed by atoms with van der Waals surface area (Å²) in [6, 6.07) is 9.91. The summed E-state index contributed by atoms with van der Waals surface area (Å²) in [5.74, 6) is -0.0244. The van der Waals surface area contributed by atoms with E-state index < -0.39 is 0 Å². The SMILES string of the molecule is CCc1ccc2c(CC(=O)NC(C)c3cccnc3)coc2c1. The van der Waals surface area contributed by atoms with Gasteiger partial charge in [0.15, 0.2) is 0 Å². The molecule has 23 heavy (non-hydrogen) atoms. The average Bonchev–Trinajstić information content (AvgIpc) is 2.97. The van der Waals surface area contributed by atoms with E-state index in [9.17, 15) is 4.79 Å². The highest BCUT2D eigenvalue weighted by Crippen LogP contribution is 2.23. The van der Waals surface area contributed by atoms with Gasteiger partial charge in [-0.3, -0.25) is 9.78 Å². The minimum Gasteiger partial charge on any atom is -0.464 e. The molecule has 4 nitrogen and oxygen atoms in total. The number of hydrogen-bond acceptors (Lipinski definition) is 3. The summed E-state index contributed by atoms with van der Waals surface area (Å²) in [7, 11) is 0. The molecular formula is C19H20N2O2. The quantitative estimate of drug-likeness (QED) is 0.780. The Morgan fingerprint density at radius 3 is 2.96 bits per heavy atom. The summed E-state index contributed by atoms with van der Waals surface area (Å²) in [5, 5.41) is 4.01. The fraction of sp³-hybridized carbons (Fsp3) is 0.263. The lowest BCUT2D eigenvalue weighted by Crippen LogP contribution is -2.28. The molecule has 118 valence electrons. The number of benzene rings is 1. The molecule has 0 aliphatic rings. The zero-order valence-corrected chi connectivity index (χ0v) is 13.4. The molecule has 0 saturated carbocycles. The molecule has 0 spiro atoms. The highest BCUT2D eigenvalue weighted by Gasteiger charge is 2.13. The molecule has 1 amide bonds. The molecule has 1 aromatic carbocycles. The Balaban J connectivity index is 1.71. The average molecular weight is 308 g/mol. The van der Waals surface area contributed by atoms with Crippen molar-refractivity contribution in [3.63, 3.8) is 0 Å². The van der Waals surface area contributed by atoms with Gasteiger partial charge in [0.2, 0.25) is 5.91 Å². The van der Waals surface area contributed by atoms with E-state index in [-0.39, 0.29) is 11.9 Å². The summed E-state index contributed by atoms with van der Waals surface area (Å²) in [6.45, 7) is 4.06. The van der Waals surface area contributed by atoms with Crippen LogP contribution in [0, 0.1) is 0 Å². The van der Waals surface area contributed by atoms with Crippen molar-refractivity contribution in [2.75, 3.05) is 0 Å². The predicted octanol–water partition coefficient (Wildman–Crippen LogP) is 3.81. The Bertz CT molecular complexity index is 809. The Kier molecular flexibility index (Phi) is 4.42. The third-order valence-electron chi connectivity index (χ3n) is 4.04. The maximum atomic E-state index is 12.3. The second kappa shape index (κ2) is 6.65. The summed E-state index contributed by atoms with van der Waals surface area (Å²) in [5.41, 5.74) is 3.98. The van der Waals surface area contributed by atoms with Crippen molar-refractivity contribution >= 4 is 16.9 Å². The lowest BCUT2D eigenvalue weighted by Gasteiger charge is -2.13. The third-order valence-corrected chi connectivity index (χ3v) is 4.04. The molecule has 0 fully saturated rings. The second-order valence-corrected chi connectivity index (χ2v) is 5.70. The molecule has 0 radical (unpaired) electrons. The van der Waals surface area contributed by atoms with Gasteiger partial charge in [0.25, 0.3) is 0 Å². The Morgan fingerprint density at radius 1 is 1.35 bits per heavy atom. The number of carbonyl (C=O) groups is 1. The maximum Gasteiger partial charge on any atom is 0.225 e. The van der Waals surface area contributed by atoms with Gasteiger partial charge in [0.05, 0.1) is 18.7 Å². The summed E-state index contributed by atoms with van der Waals surface area (Å²) >= 11 is 0. The summed E-state index contributed by atoms with van der Waals surface area (Å²) in [4.78, 5) is 16.4. The van der Waals surface area contributed by atoms with Crippen molar-refractivity contribution in [2.24, 2.45) is 0 Å². The lowest BCUT2D eigenvalue weighted by atomic mass is 10.1. The summed E-state index contributed by atoms with van der Waals surface area (Å²) < 4.78 is 5.59. The first-order valence-electron chi connectivity index (χ1n) is 7.85. The van der Waals surface area contributed by atoms with Crippen molar-refractivity contribution in [3.8, 4) is 0 Å². The normalized spacial score (nSPS) is 12.3. The summed E-state index contributed by atoms with van der Waals surface area (Å²) in [6.07, 6.45) is 6.45. The van der Waals surface area contributed by atoms with Gasteiger partial charge in [-0.05, 0) is 36.6 Å². The number of furan rings is 1. The van der Waals surface area contributed by atoms with Gasteiger partial charge in [-0.25, -0.2) is 0 Å². The molecule has 3 rings (SSSR count). The van der Waals surface area contributed by atoms with E-state index in [1.165, 1.54) is 5.56 Å². The minimum atomic E-state index is -0.0685. The molecule has 0 saturated heterocycles. The van der Waals surface area contributed by atoms with Crippen molar-refractivity contribution < 1.29 is 9.21 Å². The Hall–Kier alpha value is -2.62. The first-order valence-corrected chi connectivity index (χ1v) is 7.85. The topological polar surface area (TPSA) is 55.1 Å². The monoisotopic (exact) mass is 308 g/mol. The number of rotatable bonds is 5. The van der Waals surface area contributed by atoms with Crippen LogP contribution in [0.2, 0.25) is 0 Å². The van der Waals surface area contributed by atoms with Crippen LogP contribution in [0.4, 0.5) is 0 Å². The van der Waals surface area contributed by atoms with Crippen LogP contribution in [0.15, 0.2) is 53.4 Å². The molecule has 1 N–H and O–H groups in total. The van der Waals surface area contributed by atoms with E-state index in [0.717, 1.165) is 28.5 Å². The van der Waals surface area contributed by atoms with E-state index in [0.29, 0.717) is 6.42 Å². The number of carbonyl (C=O) groups excluding carboxylic acids is 1. The number of nitrogens with zero attached hydrogens (tertiary/aromatic N) is 1. The Labute approximate surface area is 135 Å². The van der Waals surface area contributed by atoms with E-state index in [4.69, 9.17) is 4.42 Å². The number of aromatic nitrogens is 1. The van der Waals surface area contributed by atoms with Gasteiger partial charge in [0.1, 0.15) is 5.58 Å². The Morgan fingerprint density at radius 2 is 2.22 bits per heavy atom. The molecule has 2 heterocycles. The van der Waals surface area contributed by atoms with Crippen LogP contribution < -0.4 is 5.32 Å². The molecule has 1 atom stereocenters. The third kappa shape index (κ3) is 3.42. The van der Waals surface area contributed by atoms with Crippen molar-refractivity contribution in [3.05, 3.63) is 65.7 Å². The van der Waals surface area contributed by atoms with Crippen LogP contribution in [0.1, 0.15) is 36.6 Å². The van der Waals surface area contributed by atoms with E-state index in [1.54, 1.807) is 18.7 Å². The highest BCUT2D eigenvalue weighted by molar-refractivity contribution is 5.88. The lowest BCUT2D eigenvalue weighted by molar-refractivity contribution is -0.121. The van der Waals surface area contributed by atoms with Crippen molar-refractivity contribution in [2.45, 2.75) is 32.7 Å². The second-order valence-electron chi connectivity index (χ2n) is 5.70. The number of amides is 1. The largest absolute Gasteiger partial charge is 0.464 e. The van der Waals surface area contributed by atoms with Gasteiger partial charge < -0.3 is 9.73 Å². The first-order chi connectivity index (χ1) is 11.2. The fourth-order valence-electron chi connectivity index (χ4n) is 2.67. The van der Waals surface area contributed by atoms with Crippen LogP contribution in [-0.2, 0) is 17.6 Å². The van der Waals surface area contributed by atoms with E-state index >= 15 is 0 Å². The fourth-order valence-corrected chi connectivity index (χ4v) is 2.67. The van der Waals surface area contributed by atoms with Crippen molar-refractivity contribution in [1.29, 1.82) is 0 Å². The smallest absolute Gasteiger partial charge is 0.225 e. The molecule has 0 bridgehead atoms. The number of hydrogen-bond donors (Lipinski definition) is 1. The van der Waals surface area contributed by atoms with Crippen LogP contribution in [0.25, 0.3) is 11.0 Å². The number of fused-ring (bicyclic) bond motifs is 1. The number of nitrogens with one attached hydrogen (secondary N) is 1. The van der Waals surface area contributed by atoms with Crippen LogP contribution in [0.5, 0.6) is 0 Å². The zero-order chi connectivity index (χ0) is 16.2. The van der Waals surface area contributed by atoms with Crippen LogP contribution >= 0.6 is 0 Å². The van der Waals surface area contributed by atoms with Crippen LogP contribution in [0.3, 0.4) is 0 Å². The van der Waals surface area contributed by atoms with E-state index in [1.807, 2.05) is 31.2 Å². The van der Waals surface area contributed by atoms with Gasteiger partial charge in [-0.15, -0.1) is 0 Å². The standard InChI is InChI=1S/C19H20N2O2/c1-3-14-6-7-17-16(12-23-18(17)9-14)10-19(22)21-13(2)15-5-4-8-20-11-15/h4-9,11-13H,3,10H2,1-2H3,(H,21,22). The molecule has 1 unspecified atom stereocenters. The van der Waals surface area contributed by atoms with Crippen LogP contribution in [-0.4, -0.2) is 10.9 Å². The molecule has 4 heteroatoms. The van der Waals surface area contributed by atoms with Crippen molar-refractivity contribution in [1.82, 2.24) is 10.3 Å². The molecule has 0 aliphatic heterocycles. The van der Waals surface area contributed by atoms with E-state index in [2.05, 4.69) is 23.3 Å². The van der Waals surface area contributed by atoms with Gasteiger partial charge in [-0.2, -0.15) is 0 Å². The number of pyridine rings is 1. The molecular weight excluding hydrogens is 288 g/mol. The predicted molar refractivity (Wildman–Crippen MR) is 90.1 cm³/mol. The zero-order valence-electron chi connectivity index (χ0n) is 13.4. The number of aryl methyl sites for hydroxylation is 1. The van der Waals surface area contributed by atoms with Gasteiger partial charge >= 0.3 is 0 Å².